The van der Waals surface area contributed by atoms with Crippen molar-refractivity contribution in [3.63, 3.8) is 0 Å². The first kappa shape index (κ1) is 33.3. The Kier molecular flexibility index (Phi) is 8.75. The van der Waals surface area contributed by atoms with E-state index in [0.717, 1.165) is 55.8 Å². The number of benzene rings is 8. The van der Waals surface area contributed by atoms with Crippen LogP contribution in [0.4, 0.5) is 22.7 Å². The maximum absolute atomic E-state index is 8.67. The number of hydrogen-bond acceptors (Lipinski definition) is 4. The third-order valence-electron chi connectivity index (χ3n) is 11.7. The molecule has 8 aromatic carbocycles. The molecule has 0 spiro atoms. The van der Waals surface area contributed by atoms with Gasteiger partial charge in [-0.05, 0) is 93.0 Å². The number of aromatic nitrogens is 2. The fourth-order valence-electron chi connectivity index (χ4n) is 8.43. The fraction of sp³-hybridized carbons (Fsp3) is 0.0847. The van der Waals surface area contributed by atoms with Crippen LogP contribution in [-0.2, 0) is 26.5 Å². The SMILES string of the molecule is [2H]c1c([2H])c([2H])c(-c2cnc(-n3c4[c-]c(Oc5[c-]c(N6[CH-]N(c7cc(-c8ccccc8)cc(C(C)(C)C)c7)c7ccccc76)ccc5)ccc4c4cc(-c5ccccc5)ccc43)cc2C([2H])([2H])[2H])c([2H])c1[2H].[Pt]. The van der Waals surface area contributed by atoms with Gasteiger partial charge in [0, 0.05) is 71.0 Å². The predicted molar refractivity (Wildman–Crippen MR) is 264 cm³/mol. The first-order valence-corrected chi connectivity index (χ1v) is 21.1. The van der Waals surface area contributed by atoms with E-state index in [1.54, 1.807) is 0 Å². The molecule has 65 heavy (non-hydrogen) atoms. The molecule has 10 aromatic rings. The molecule has 0 radical (unpaired) electrons. The van der Waals surface area contributed by atoms with Crippen LogP contribution in [0.2, 0.25) is 0 Å². The average molecular weight is 1030 g/mol. The summed E-state index contributed by atoms with van der Waals surface area (Å²) in [6, 6.07) is 56.7. The molecule has 11 rings (SSSR count). The average Bonchev–Trinajstić information content (AvgIpc) is 3.93. The molecule has 6 heteroatoms. The fourth-order valence-corrected chi connectivity index (χ4v) is 8.43. The van der Waals surface area contributed by atoms with Crippen LogP contribution >= 0.6 is 0 Å². The van der Waals surface area contributed by atoms with Crippen molar-refractivity contribution in [2.24, 2.45) is 0 Å². The van der Waals surface area contributed by atoms with E-state index in [4.69, 9.17) is 20.7 Å². The third-order valence-corrected chi connectivity index (χ3v) is 11.7. The molecule has 0 unspecified atom stereocenters. The Morgan fingerprint density at radius 2 is 1.32 bits per heavy atom. The quantitative estimate of drug-likeness (QED) is 0.142. The van der Waals surface area contributed by atoms with Gasteiger partial charge in [0.05, 0.1) is 6.85 Å². The topological polar surface area (TPSA) is 33.5 Å². The Balaban J connectivity index is 0.00000611. The summed E-state index contributed by atoms with van der Waals surface area (Å²) in [5.41, 5.74) is 9.86. The van der Waals surface area contributed by atoms with Crippen molar-refractivity contribution in [1.82, 2.24) is 9.55 Å². The molecule has 5 nitrogen and oxygen atoms in total. The molecule has 0 fully saturated rings. The van der Waals surface area contributed by atoms with Crippen LogP contribution in [0.25, 0.3) is 61.0 Å². The van der Waals surface area contributed by atoms with Crippen LogP contribution in [0, 0.1) is 25.7 Å². The molecule has 0 aliphatic carbocycles. The van der Waals surface area contributed by atoms with Gasteiger partial charge in [-0.1, -0.05) is 147 Å². The van der Waals surface area contributed by atoms with Gasteiger partial charge < -0.3 is 19.1 Å². The summed E-state index contributed by atoms with van der Waals surface area (Å²) >= 11 is 0. The van der Waals surface area contributed by atoms with Crippen molar-refractivity contribution in [3.05, 3.63) is 224 Å². The first-order chi connectivity index (χ1) is 34.5. The third kappa shape index (κ3) is 7.91. The minimum atomic E-state index is -2.76. The number of rotatable bonds is 8. The monoisotopic (exact) mass is 1030 g/mol. The molecule has 0 saturated heterocycles. The van der Waals surface area contributed by atoms with E-state index < -0.39 is 37.1 Å². The van der Waals surface area contributed by atoms with Crippen LogP contribution in [0.1, 0.15) is 42.9 Å². The maximum atomic E-state index is 8.67. The van der Waals surface area contributed by atoms with Gasteiger partial charge in [-0.15, -0.1) is 48.1 Å². The minimum absolute atomic E-state index is 0. The largest absolute Gasteiger partial charge is 0.509 e. The zero-order valence-corrected chi connectivity index (χ0v) is 38.0. The smallest absolute Gasteiger partial charge is 0.135 e. The molecule has 2 aromatic heterocycles. The van der Waals surface area contributed by atoms with Crippen LogP contribution in [0.3, 0.4) is 0 Å². The van der Waals surface area contributed by atoms with E-state index >= 15 is 0 Å². The van der Waals surface area contributed by atoms with Crippen molar-refractivity contribution in [2.75, 3.05) is 9.80 Å². The first-order valence-electron chi connectivity index (χ1n) is 25.1. The Morgan fingerprint density at radius 3 is 2.06 bits per heavy atom. The summed E-state index contributed by atoms with van der Waals surface area (Å²) in [5, 5.41) is 1.65. The number of aryl methyl sites for hydroxylation is 1. The number of pyridine rings is 1. The number of ether oxygens (including phenoxy) is 1. The van der Waals surface area contributed by atoms with Gasteiger partial charge in [-0.2, -0.15) is 12.1 Å². The van der Waals surface area contributed by atoms with E-state index in [1.165, 1.54) is 17.8 Å². The number of anilines is 4. The summed E-state index contributed by atoms with van der Waals surface area (Å²) in [5.74, 6) is 1.03. The van der Waals surface area contributed by atoms with Crippen molar-refractivity contribution in [2.45, 2.75) is 33.0 Å². The maximum Gasteiger partial charge on any atom is 0.135 e. The molecule has 0 amide bonds. The van der Waals surface area contributed by atoms with Gasteiger partial charge in [-0.3, -0.25) is 0 Å². The molecule has 320 valence electrons. The standard InChI is InChI=1S/C59H45N4O.Pt/c1-40-31-58(60-38-53(40)43-21-12-7-13-22-43)63-54-30-27-44(41-17-8-5-9-18-41)34-52(54)51-29-28-50(37-57(51)63)64-49-24-16-23-47(36-49)61-39-62(56-26-15-14-25-55(56)61)48-33-45(42-19-10-6-11-20-42)32-46(35-48)59(2,3)4;/h5-35,38-39H,1-4H3;/q-3;/i1D3,7D,12D,13D,21D,22D;. The second-order valence-corrected chi connectivity index (χ2v) is 16.8. The van der Waals surface area contributed by atoms with Crippen molar-refractivity contribution < 1.29 is 36.8 Å². The van der Waals surface area contributed by atoms with E-state index in [9.17, 15) is 0 Å². The molecule has 1 aliphatic heterocycles. The molecular weight excluding hydrogens is 976 g/mol. The van der Waals surface area contributed by atoms with Crippen LogP contribution in [0.5, 0.6) is 11.5 Å². The summed E-state index contributed by atoms with van der Waals surface area (Å²) in [6.07, 6.45) is 1.28. The number of hydrogen-bond donors (Lipinski definition) is 0. The molecule has 0 saturated carbocycles. The molecule has 3 heterocycles. The van der Waals surface area contributed by atoms with Crippen LogP contribution in [0.15, 0.2) is 194 Å². The van der Waals surface area contributed by atoms with Gasteiger partial charge in [0.25, 0.3) is 0 Å². The van der Waals surface area contributed by atoms with Crippen molar-refractivity contribution in [3.8, 4) is 50.7 Å². The Labute approximate surface area is 406 Å². The van der Waals surface area contributed by atoms with Gasteiger partial charge in [0.1, 0.15) is 5.82 Å². The molecule has 0 atom stereocenters. The van der Waals surface area contributed by atoms with E-state index in [0.29, 0.717) is 22.5 Å². The Hall–Kier alpha value is -7.20. The van der Waals surface area contributed by atoms with Gasteiger partial charge in [0.15, 0.2) is 0 Å². The summed E-state index contributed by atoms with van der Waals surface area (Å²) < 4.78 is 76.4. The summed E-state index contributed by atoms with van der Waals surface area (Å²) in [4.78, 5) is 9.08. The van der Waals surface area contributed by atoms with Crippen molar-refractivity contribution >= 4 is 44.6 Å². The normalized spacial score (nSPS) is 14.3. The second kappa shape index (κ2) is 17.1. The summed E-state index contributed by atoms with van der Waals surface area (Å²) in [7, 11) is 0. The number of nitrogens with zero attached hydrogens (tertiary/aromatic N) is 4. The number of para-hydroxylation sites is 2. The number of fused-ring (bicyclic) bond motifs is 4. The van der Waals surface area contributed by atoms with Gasteiger partial charge in [0.2, 0.25) is 0 Å². The van der Waals surface area contributed by atoms with Crippen LogP contribution in [-0.4, -0.2) is 9.55 Å². The molecule has 1 aliphatic rings. The molecule has 0 bridgehead atoms. The van der Waals surface area contributed by atoms with E-state index in [-0.39, 0.29) is 49.0 Å². The zero-order valence-electron chi connectivity index (χ0n) is 43.7. The van der Waals surface area contributed by atoms with Crippen molar-refractivity contribution in [1.29, 1.82) is 0 Å². The van der Waals surface area contributed by atoms with Gasteiger partial charge in [-0.25, -0.2) is 4.98 Å². The Morgan fingerprint density at radius 1 is 0.615 bits per heavy atom. The summed E-state index contributed by atoms with van der Waals surface area (Å²) in [6.45, 7) is 6.01. The Bertz CT molecular complexity index is 3730. The van der Waals surface area contributed by atoms with Crippen LogP contribution < -0.4 is 14.5 Å². The van der Waals surface area contributed by atoms with E-state index in [2.05, 4.69) is 110 Å². The van der Waals surface area contributed by atoms with Gasteiger partial charge >= 0.3 is 0 Å². The predicted octanol–water partition coefficient (Wildman–Crippen LogP) is 15.6. The zero-order chi connectivity index (χ0) is 50.2. The minimum Gasteiger partial charge on any atom is -0.509 e. The molecule has 0 N–H and O–H groups in total. The van der Waals surface area contributed by atoms with E-state index in [1.807, 2.05) is 95.6 Å². The molecular formula is C59H45N4OPt-3. The second-order valence-electron chi connectivity index (χ2n) is 16.8.